The smallest absolute Gasteiger partial charge is 0.302 e. The van der Waals surface area contributed by atoms with E-state index < -0.39 is 8.09 Å². The number of carbonyl (C=O) groups is 1. The highest BCUT2D eigenvalue weighted by Gasteiger charge is 2.37. The van der Waals surface area contributed by atoms with Gasteiger partial charge in [0, 0.05) is 0 Å². The predicted octanol–water partition coefficient (Wildman–Crippen LogP) is 0.516. The fourth-order valence-electron chi connectivity index (χ4n) is 0.817. The molecule has 0 saturated heterocycles. The Labute approximate surface area is 82.0 Å². The molecule has 0 atom stereocenters. The van der Waals surface area contributed by atoms with E-state index >= 15 is 0 Å². The third-order valence-corrected chi connectivity index (χ3v) is 2.42. The van der Waals surface area contributed by atoms with Crippen LogP contribution in [-0.4, -0.2) is 22.6 Å². The zero-order valence-electron chi connectivity index (χ0n) is 7.33. The minimum atomic E-state index is -3.66. The molecule has 0 aromatic heterocycles. The van der Waals surface area contributed by atoms with Gasteiger partial charge in [-0.2, -0.15) is 9.79 Å². The maximum absolute atomic E-state index is 9.98. The van der Waals surface area contributed by atoms with Crippen LogP contribution >= 0.6 is 8.09 Å². The van der Waals surface area contributed by atoms with Crippen molar-refractivity contribution in [2.75, 3.05) is 6.54 Å². The summed E-state index contributed by atoms with van der Waals surface area (Å²) >= 11 is 0. The third-order valence-electron chi connectivity index (χ3n) is 1.36. The van der Waals surface area contributed by atoms with Crippen molar-refractivity contribution in [3.05, 3.63) is 30.3 Å². The van der Waals surface area contributed by atoms with E-state index in [0.29, 0.717) is 12.0 Å². The van der Waals surface area contributed by atoms with E-state index in [1.807, 2.05) is 0 Å². The molecule has 6 heteroatoms. The molecule has 76 valence electrons. The summed E-state index contributed by atoms with van der Waals surface area (Å²) in [6, 6.07) is 8.36. The molecule has 0 saturated carbocycles. The first kappa shape index (κ1) is 11.1. The lowest BCUT2D eigenvalue weighted by Crippen LogP contribution is -2.21. The molecule has 5 nitrogen and oxygen atoms in total. The zero-order valence-corrected chi connectivity index (χ0v) is 8.22. The molecule has 0 bridgehead atoms. The van der Waals surface area contributed by atoms with E-state index in [0.717, 1.165) is 0 Å². The first-order chi connectivity index (χ1) is 6.64. The van der Waals surface area contributed by atoms with Crippen molar-refractivity contribution in [1.29, 1.82) is 0 Å². The number of aldehydes is 1. The number of hydrogen-bond acceptors (Lipinski definition) is 5. The maximum Gasteiger partial charge on any atom is 0.541 e. The average Bonchev–Trinajstić information content (AvgIpc) is 2.16. The number of benzene rings is 1. The molecule has 0 aliphatic carbocycles. The summed E-state index contributed by atoms with van der Waals surface area (Å²) in [6.45, 7) is -0.159. The van der Waals surface area contributed by atoms with Crippen LogP contribution in [0.5, 0.6) is 5.75 Å². The lowest BCUT2D eigenvalue weighted by Gasteiger charge is -2.09. The van der Waals surface area contributed by atoms with Crippen LogP contribution in [-0.2, 0) is 4.79 Å². The van der Waals surface area contributed by atoms with Crippen molar-refractivity contribution in [1.82, 2.24) is 5.09 Å². The normalized spacial score (nSPS) is 11.0. The molecule has 1 rings (SSSR count). The van der Waals surface area contributed by atoms with Crippen molar-refractivity contribution < 1.29 is 19.1 Å². The predicted molar refractivity (Wildman–Crippen MR) is 52.5 cm³/mol. The van der Waals surface area contributed by atoms with Crippen molar-refractivity contribution in [3.63, 3.8) is 0 Å². The molecule has 0 radical (unpaired) electrons. The first-order valence-corrected chi connectivity index (χ1v) is 5.53. The van der Waals surface area contributed by atoms with Crippen LogP contribution in [0.4, 0.5) is 0 Å². The molecule has 3 N–H and O–H groups in total. The fourth-order valence-corrected chi connectivity index (χ4v) is 1.61. The third kappa shape index (κ3) is 3.81. The molecular weight excluding hydrogens is 205 g/mol. The topological polar surface area (TPSA) is 78.8 Å². The summed E-state index contributed by atoms with van der Waals surface area (Å²) in [6.07, 6.45) is 0.523. The standard InChI is InChI=1S/C8H11NO4P/c10-7-6-9-14(11,12)13-8-4-2-1-3-5-8/h1-5,7,9,11-12H,6H2/q+1. The van der Waals surface area contributed by atoms with Gasteiger partial charge >= 0.3 is 8.09 Å². The Balaban J connectivity index is 2.54. The highest BCUT2D eigenvalue weighted by atomic mass is 31.2. The minimum absolute atomic E-state index is 0.159. The molecule has 0 aliphatic heterocycles. The molecule has 14 heavy (non-hydrogen) atoms. The fraction of sp³-hybridized carbons (Fsp3) is 0.125. The van der Waals surface area contributed by atoms with E-state index in [2.05, 4.69) is 5.09 Å². The van der Waals surface area contributed by atoms with E-state index in [9.17, 15) is 14.6 Å². The molecule has 0 aliphatic rings. The van der Waals surface area contributed by atoms with Crippen LogP contribution in [0.3, 0.4) is 0 Å². The summed E-state index contributed by atoms with van der Waals surface area (Å²) < 4.78 is 4.86. The van der Waals surface area contributed by atoms with Crippen molar-refractivity contribution in [3.8, 4) is 5.75 Å². The van der Waals surface area contributed by atoms with Crippen LogP contribution < -0.4 is 9.61 Å². The summed E-state index contributed by atoms with van der Waals surface area (Å²) in [4.78, 5) is 28.5. The lowest BCUT2D eigenvalue weighted by atomic mass is 10.3. The van der Waals surface area contributed by atoms with Crippen LogP contribution in [0.15, 0.2) is 30.3 Å². The van der Waals surface area contributed by atoms with Gasteiger partial charge in [0.05, 0.1) is 6.54 Å². The number of nitrogens with one attached hydrogen (secondary N) is 1. The van der Waals surface area contributed by atoms with Crippen LogP contribution in [0, 0.1) is 0 Å². The number of para-hydroxylation sites is 1. The Bertz CT molecular complexity index is 291. The Morgan fingerprint density at radius 1 is 1.36 bits per heavy atom. The van der Waals surface area contributed by atoms with E-state index in [1.165, 1.54) is 0 Å². The lowest BCUT2D eigenvalue weighted by molar-refractivity contribution is -0.107. The van der Waals surface area contributed by atoms with Gasteiger partial charge < -0.3 is 4.79 Å². The quantitative estimate of drug-likeness (QED) is 0.494. The largest absolute Gasteiger partial charge is 0.541 e. The van der Waals surface area contributed by atoms with Crippen molar-refractivity contribution >= 4 is 14.4 Å². The number of carbonyl (C=O) groups excluding carboxylic acids is 1. The number of hydrogen-bond donors (Lipinski definition) is 3. The second-order valence-electron chi connectivity index (χ2n) is 2.48. The molecule has 0 spiro atoms. The van der Waals surface area contributed by atoms with Gasteiger partial charge in [-0.3, -0.25) is 4.52 Å². The van der Waals surface area contributed by atoms with E-state index in [1.54, 1.807) is 30.3 Å². The molecular formula is C8H11NO4P+. The summed E-state index contributed by atoms with van der Waals surface area (Å²) in [5.41, 5.74) is 0. The molecule has 1 aromatic rings. The van der Waals surface area contributed by atoms with E-state index in [4.69, 9.17) is 4.52 Å². The van der Waals surface area contributed by atoms with Gasteiger partial charge in [0.1, 0.15) is 6.29 Å². The van der Waals surface area contributed by atoms with Gasteiger partial charge in [-0.25, -0.2) is 0 Å². The average molecular weight is 216 g/mol. The number of rotatable bonds is 5. The van der Waals surface area contributed by atoms with Crippen LogP contribution in [0.2, 0.25) is 0 Å². The van der Waals surface area contributed by atoms with Gasteiger partial charge in [-0.15, -0.1) is 5.09 Å². The van der Waals surface area contributed by atoms with Gasteiger partial charge in [0.15, 0.2) is 5.75 Å². The molecule has 0 heterocycles. The zero-order chi connectivity index (χ0) is 10.4. The second-order valence-corrected chi connectivity index (χ2v) is 4.06. The van der Waals surface area contributed by atoms with Crippen LogP contribution in [0.25, 0.3) is 0 Å². The minimum Gasteiger partial charge on any atom is -0.302 e. The monoisotopic (exact) mass is 216 g/mol. The van der Waals surface area contributed by atoms with Gasteiger partial charge in [0.2, 0.25) is 0 Å². The SMILES string of the molecule is O=CCN[P+](O)(O)Oc1ccccc1. The van der Waals surface area contributed by atoms with E-state index in [-0.39, 0.29) is 6.54 Å². The Morgan fingerprint density at radius 3 is 2.57 bits per heavy atom. The first-order valence-electron chi connectivity index (χ1n) is 3.92. The Morgan fingerprint density at radius 2 is 2.00 bits per heavy atom. The Kier molecular flexibility index (Phi) is 3.98. The molecule has 0 unspecified atom stereocenters. The molecule has 1 aromatic carbocycles. The van der Waals surface area contributed by atoms with Crippen LogP contribution in [0.1, 0.15) is 0 Å². The highest BCUT2D eigenvalue weighted by molar-refractivity contribution is 7.57. The summed E-state index contributed by atoms with van der Waals surface area (Å²) in [5.74, 6) is 0.337. The summed E-state index contributed by atoms with van der Waals surface area (Å²) in [7, 11) is -3.66. The van der Waals surface area contributed by atoms with Gasteiger partial charge in [0.25, 0.3) is 0 Å². The van der Waals surface area contributed by atoms with Crippen molar-refractivity contribution in [2.24, 2.45) is 0 Å². The highest BCUT2D eigenvalue weighted by Crippen LogP contribution is 2.45. The molecule has 0 amide bonds. The molecule has 0 fully saturated rings. The van der Waals surface area contributed by atoms with Crippen molar-refractivity contribution in [2.45, 2.75) is 0 Å². The summed E-state index contributed by atoms with van der Waals surface area (Å²) in [5, 5.41) is 2.19. The maximum atomic E-state index is 9.98. The van der Waals surface area contributed by atoms with Gasteiger partial charge in [-0.05, 0) is 12.1 Å². The Hall–Kier alpha value is -1.00. The van der Waals surface area contributed by atoms with Gasteiger partial charge in [-0.1, -0.05) is 18.2 Å². The second kappa shape index (κ2) is 5.02.